The van der Waals surface area contributed by atoms with E-state index in [0.29, 0.717) is 13.1 Å². The van der Waals surface area contributed by atoms with Gasteiger partial charge >= 0.3 is 0 Å². The highest BCUT2D eigenvalue weighted by Crippen LogP contribution is 2.25. The minimum Gasteiger partial charge on any atom is -0.381 e. The van der Waals surface area contributed by atoms with Crippen molar-refractivity contribution >= 4 is 17.3 Å². The molecular formula is C15H21N3O2. The molecule has 0 saturated carbocycles. The Morgan fingerprint density at radius 3 is 3.00 bits per heavy atom. The summed E-state index contributed by atoms with van der Waals surface area (Å²) in [6.07, 6.45) is 1.03. The van der Waals surface area contributed by atoms with Gasteiger partial charge in [0.05, 0.1) is 17.5 Å². The Hall–Kier alpha value is -1.75. The van der Waals surface area contributed by atoms with Gasteiger partial charge < -0.3 is 20.3 Å². The van der Waals surface area contributed by atoms with E-state index in [1.165, 1.54) is 0 Å². The minimum atomic E-state index is -0.199. The highest BCUT2D eigenvalue weighted by Gasteiger charge is 2.29. The Kier molecular flexibility index (Phi) is 3.78. The molecule has 1 aromatic rings. The molecule has 1 amide bonds. The fraction of sp³-hybridized carbons (Fsp3) is 0.533. The van der Waals surface area contributed by atoms with Crippen LogP contribution in [0.3, 0.4) is 0 Å². The highest BCUT2D eigenvalue weighted by molar-refractivity contribution is 5.88. The van der Waals surface area contributed by atoms with Crippen LogP contribution < -0.4 is 10.6 Å². The molecule has 2 heterocycles. The second-order valence-corrected chi connectivity index (χ2v) is 5.44. The van der Waals surface area contributed by atoms with Gasteiger partial charge in [-0.1, -0.05) is 12.1 Å². The summed E-state index contributed by atoms with van der Waals surface area (Å²) in [5.74, 6) is 0.157. The van der Waals surface area contributed by atoms with Crippen LogP contribution in [0.25, 0.3) is 0 Å². The van der Waals surface area contributed by atoms with Crippen LogP contribution in [0, 0.1) is 0 Å². The summed E-state index contributed by atoms with van der Waals surface area (Å²) >= 11 is 0. The molecule has 0 bridgehead atoms. The number of nitrogens with one attached hydrogen (secondary N) is 2. The number of carbonyl (C=O) groups excluding carboxylic acids is 1. The summed E-state index contributed by atoms with van der Waals surface area (Å²) in [5.41, 5.74) is 2.06. The van der Waals surface area contributed by atoms with Crippen molar-refractivity contribution in [3.05, 3.63) is 24.3 Å². The first-order valence-corrected chi connectivity index (χ1v) is 7.24. The van der Waals surface area contributed by atoms with Gasteiger partial charge in [-0.05, 0) is 25.5 Å². The van der Waals surface area contributed by atoms with E-state index in [-0.39, 0.29) is 18.1 Å². The second-order valence-electron chi connectivity index (χ2n) is 5.44. The smallest absolute Gasteiger partial charge is 0.246 e. The molecule has 2 unspecified atom stereocenters. The molecule has 0 aliphatic carbocycles. The number of nitrogens with zero attached hydrogens (tertiary/aromatic N) is 1. The van der Waals surface area contributed by atoms with Gasteiger partial charge in [0.1, 0.15) is 6.04 Å². The quantitative estimate of drug-likeness (QED) is 0.816. The molecule has 5 nitrogen and oxygen atoms in total. The van der Waals surface area contributed by atoms with Gasteiger partial charge in [-0.3, -0.25) is 4.79 Å². The van der Waals surface area contributed by atoms with Crippen molar-refractivity contribution in [2.24, 2.45) is 0 Å². The number of rotatable bonds is 1. The third-order valence-corrected chi connectivity index (χ3v) is 3.82. The van der Waals surface area contributed by atoms with Crippen molar-refractivity contribution in [1.82, 2.24) is 4.90 Å². The maximum absolute atomic E-state index is 12.6. The fourth-order valence-electron chi connectivity index (χ4n) is 2.78. The SMILES string of the molecule is CC1CN(C(=O)C2CNc3ccccc3N2)CCCO1. The van der Waals surface area contributed by atoms with Crippen LogP contribution in [-0.4, -0.2) is 49.2 Å². The molecule has 1 saturated heterocycles. The average molecular weight is 275 g/mol. The lowest BCUT2D eigenvalue weighted by molar-refractivity contribution is -0.132. The predicted octanol–water partition coefficient (Wildman–Crippen LogP) is 1.53. The molecule has 0 spiro atoms. The summed E-state index contributed by atoms with van der Waals surface area (Å²) < 4.78 is 5.60. The maximum atomic E-state index is 12.6. The molecule has 2 aliphatic heterocycles. The first-order valence-electron chi connectivity index (χ1n) is 7.24. The summed E-state index contributed by atoms with van der Waals surface area (Å²) in [4.78, 5) is 14.6. The van der Waals surface area contributed by atoms with Crippen molar-refractivity contribution in [1.29, 1.82) is 0 Å². The van der Waals surface area contributed by atoms with E-state index < -0.39 is 0 Å². The van der Waals surface area contributed by atoms with E-state index in [1.807, 2.05) is 36.1 Å². The Bertz CT molecular complexity index is 492. The van der Waals surface area contributed by atoms with Crippen LogP contribution in [-0.2, 0) is 9.53 Å². The Labute approximate surface area is 119 Å². The number of hydrogen-bond acceptors (Lipinski definition) is 4. The fourth-order valence-corrected chi connectivity index (χ4v) is 2.78. The molecule has 108 valence electrons. The number of anilines is 2. The van der Waals surface area contributed by atoms with Crippen LogP contribution in [0.4, 0.5) is 11.4 Å². The van der Waals surface area contributed by atoms with Crippen molar-refractivity contribution in [2.75, 3.05) is 36.9 Å². The van der Waals surface area contributed by atoms with Crippen molar-refractivity contribution in [3.8, 4) is 0 Å². The van der Waals surface area contributed by atoms with Crippen LogP contribution in [0.5, 0.6) is 0 Å². The molecule has 3 rings (SSSR count). The summed E-state index contributed by atoms with van der Waals surface area (Å²) in [5, 5.41) is 6.65. The molecule has 0 radical (unpaired) electrons. The minimum absolute atomic E-state index is 0.116. The first kappa shape index (κ1) is 13.2. The second kappa shape index (κ2) is 5.71. The summed E-state index contributed by atoms with van der Waals surface area (Å²) in [7, 11) is 0. The zero-order valence-corrected chi connectivity index (χ0v) is 11.8. The molecule has 2 aliphatic rings. The number of benzene rings is 1. The molecule has 1 aromatic carbocycles. The van der Waals surface area contributed by atoms with E-state index >= 15 is 0 Å². The lowest BCUT2D eigenvalue weighted by Gasteiger charge is -2.32. The van der Waals surface area contributed by atoms with Crippen LogP contribution in [0.2, 0.25) is 0 Å². The largest absolute Gasteiger partial charge is 0.381 e. The Balaban J connectivity index is 1.69. The lowest BCUT2D eigenvalue weighted by atomic mass is 10.1. The van der Waals surface area contributed by atoms with Crippen LogP contribution in [0.15, 0.2) is 24.3 Å². The monoisotopic (exact) mass is 275 g/mol. The topological polar surface area (TPSA) is 53.6 Å². The van der Waals surface area contributed by atoms with Gasteiger partial charge in [0.2, 0.25) is 5.91 Å². The lowest BCUT2D eigenvalue weighted by Crippen LogP contribution is -2.49. The van der Waals surface area contributed by atoms with Crippen LogP contribution in [0.1, 0.15) is 13.3 Å². The van der Waals surface area contributed by atoms with E-state index in [2.05, 4.69) is 10.6 Å². The van der Waals surface area contributed by atoms with E-state index in [0.717, 1.165) is 30.9 Å². The van der Waals surface area contributed by atoms with Gasteiger partial charge in [0, 0.05) is 26.2 Å². The molecule has 20 heavy (non-hydrogen) atoms. The number of ether oxygens (including phenoxy) is 1. The summed E-state index contributed by atoms with van der Waals surface area (Å²) in [6.45, 7) is 4.85. The number of carbonyl (C=O) groups is 1. The number of amides is 1. The van der Waals surface area contributed by atoms with Crippen LogP contribution >= 0.6 is 0 Å². The molecule has 0 aromatic heterocycles. The zero-order valence-electron chi connectivity index (χ0n) is 11.8. The van der Waals surface area contributed by atoms with Gasteiger partial charge in [-0.25, -0.2) is 0 Å². The molecular weight excluding hydrogens is 254 g/mol. The highest BCUT2D eigenvalue weighted by atomic mass is 16.5. The van der Waals surface area contributed by atoms with E-state index in [4.69, 9.17) is 4.74 Å². The van der Waals surface area contributed by atoms with Crippen molar-refractivity contribution in [2.45, 2.75) is 25.5 Å². The standard InChI is InChI=1S/C15H21N3O2/c1-11-10-18(7-4-8-20-11)15(19)14-9-16-12-5-2-3-6-13(12)17-14/h2-3,5-6,11,14,16-17H,4,7-10H2,1H3. The normalized spacial score (nSPS) is 25.9. The third kappa shape index (κ3) is 2.72. The molecule has 2 N–H and O–H groups in total. The van der Waals surface area contributed by atoms with Gasteiger partial charge in [-0.15, -0.1) is 0 Å². The molecule has 1 fully saturated rings. The zero-order chi connectivity index (χ0) is 13.9. The maximum Gasteiger partial charge on any atom is 0.246 e. The van der Waals surface area contributed by atoms with Gasteiger partial charge in [-0.2, -0.15) is 0 Å². The van der Waals surface area contributed by atoms with Crippen molar-refractivity contribution in [3.63, 3.8) is 0 Å². The third-order valence-electron chi connectivity index (χ3n) is 3.82. The Morgan fingerprint density at radius 2 is 2.15 bits per heavy atom. The van der Waals surface area contributed by atoms with Gasteiger partial charge in [0.25, 0.3) is 0 Å². The summed E-state index contributed by atoms with van der Waals surface area (Å²) in [6, 6.07) is 7.78. The van der Waals surface area contributed by atoms with E-state index in [9.17, 15) is 4.79 Å². The predicted molar refractivity (Wildman–Crippen MR) is 79.0 cm³/mol. The number of fused-ring (bicyclic) bond motifs is 1. The number of hydrogen-bond donors (Lipinski definition) is 2. The Morgan fingerprint density at radius 1 is 1.35 bits per heavy atom. The molecule has 5 heteroatoms. The van der Waals surface area contributed by atoms with Gasteiger partial charge in [0.15, 0.2) is 0 Å². The van der Waals surface area contributed by atoms with E-state index in [1.54, 1.807) is 0 Å². The van der Waals surface area contributed by atoms with Crippen molar-refractivity contribution < 1.29 is 9.53 Å². The first-order chi connectivity index (χ1) is 9.74. The molecule has 2 atom stereocenters. The number of para-hydroxylation sites is 2. The average Bonchev–Trinajstić information content (AvgIpc) is 2.70.